The first-order valence-electron chi connectivity index (χ1n) is 9.85. The van der Waals surface area contributed by atoms with E-state index in [1.165, 1.54) is 7.11 Å². The van der Waals surface area contributed by atoms with Crippen molar-refractivity contribution < 1.29 is 14.3 Å². The molecule has 0 amide bonds. The highest BCUT2D eigenvalue weighted by atomic mass is 16.5. The molecule has 0 unspecified atom stereocenters. The minimum absolute atomic E-state index is 0.391. The molecule has 0 fully saturated rings. The number of aromatic nitrogens is 3. The van der Waals surface area contributed by atoms with Crippen LogP contribution in [0.5, 0.6) is 5.75 Å². The molecule has 7 heteroatoms. The summed E-state index contributed by atoms with van der Waals surface area (Å²) in [6.45, 7) is 1.01. The Hall–Kier alpha value is -4.00. The second-order valence-corrected chi connectivity index (χ2v) is 6.92. The molecule has 4 aromatic rings. The summed E-state index contributed by atoms with van der Waals surface area (Å²) in [5.41, 5.74) is 2.18. The lowest BCUT2D eigenvalue weighted by atomic mass is 10.2. The molecule has 0 saturated heterocycles. The fourth-order valence-electron chi connectivity index (χ4n) is 3.21. The average molecular weight is 414 g/mol. The van der Waals surface area contributed by atoms with Gasteiger partial charge in [0.2, 0.25) is 0 Å². The van der Waals surface area contributed by atoms with Gasteiger partial charge in [-0.15, -0.1) is 0 Å². The summed E-state index contributed by atoms with van der Waals surface area (Å²) < 4.78 is 10.6. The van der Waals surface area contributed by atoms with Crippen molar-refractivity contribution in [1.29, 1.82) is 0 Å². The van der Waals surface area contributed by atoms with Gasteiger partial charge in [-0.1, -0.05) is 18.2 Å². The monoisotopic (exact) mass is 414 g/mol. The number of likely N-dealkylation sites (N-methyl/N-ethyl adjacent to an activating group) is 1. The molecule has 0 radical (unpaired) electrons. The number of benzene rings is 2. The molecule has 0 aliphatic heterocycles. The Balaban J connectivity index is 1.54. The highest BCUT2D eigenvalue weighted by Gasteiger charge is 2.13. The fraction of sp³-hybridized carbons (Fsp3) is 0.167. The van der Waals surface area contributed by atoms with E-state index in [1.807, 2.05) is 54.4 Å². The first-order valence-corrected chi connectivity index (χ1v) is 9.85. The maximum atomic E-state index is 11.7. The number of pyridine rings is 1. The molecule has 0 saturated carbocycles. The molecule has 4 rings (SSSR count). The second kappa shape index (κ2) is 9.21. The highest BCUT2D eigenvalue weighted by Crippen LogP contribution is 2.26. The summed E-state index contributed by atoms with van der Waals surface area (Å²) >= 11 is 0. The van der Waals surface area contributed by atoms with Crippen LogP contribution in [0, 0.1) is 0 Å². The van der Waals surface area contributed by atoms with Crippen molar-refractivity contribution >= 4 is 22.7 Å². The van der Waals surface area contributed by atoms with Crippen LogP contribution in [-0.4, -0.2) is 48.2 Å². The number of carbonyl (C=O) groups excluding carboxylic acids is 1. The maximum Gasteiger partial charge on any atom is 0.337 e. The lowest BCUT2D eigenvalue weighted by molar-refractivity contribution is 0.0600. The maximum absolute atomic E-state index is 11.7. The number of para-hydroxylation sites is 1. The van der Waals surface area contributed by atoms with Gasteiger partial charge < -0.3 is 14.4 Å². The van der Waals surface area contributed by atoms with E-state index in [9.17, 15) is 4.79 Å². The Morgan fingerprint density at radius 1 is 1.03 bits per heavy atom. The molecule has 2 aromatic heterocycles. The molecule has 0 bridgehead atoms. The van der Waals surface area contributed by atoms with E-state index in [0.29, 0.717) is 30.3 Å². The fourth-order valence-corrected chi connectivity index (χ4v) is 3.21. The number of ether oxygens (including phenoxy) is 2. The van der Waals surface area contributed by atoms with Crippen molar-refractivity contribution in [3.8, 4) is 17.1 Å². The molecule has 7 nitrogen and oxygen atoms in total. The quantitative estimate of drug-likeness (QED) is 0.423. The Morgan fingerprint density at radius 2 is 1.90 bits per heavy atom. The van der Waals surface area contributed by atoms with Crippen molar-refractivity contribution in [2.75, 3.05) is 32.2 Å². The number of nitrogens with zero attached hydrogens (tertiary/aromatic N) is 4. The molecule has 0 spiro atoms. The molecule has 156 valence electrons. The van der Waals surface area contributed by atoms with Crippen molar-refractivity contribution in [1.82, 2.24) is 15.0 Å². The van der Waals surface area contributed by atoms with Crippen molar-refractivity contribution in [3.63, 3.8) is 0 Å². The molecular weight excluding hydrogens is 392 g/mol. The van der Waals surface area contributed by atoms with E-state index < -0.39 is 5.97 Å². The third-order valence-corrected chi connectivity index (χ3v) is 4.81. The van der Waals surface area contributed by atoms with Gasteiger partial charge in [-0.3, -0.25) is 4.98 Å². The van der Waals surface area contributed by atoms with Gasteiger partial charge in [0, 0.05) is 30.4 Å². The largest absolute Gasteiger partial charge is 0.492 e. The number of rotatable bonds is 7. The number of fused-ring (bicyclic) bond motifs is 1. The molecule has 0 N–H and O–H groups in total. The van der Waals surface area contributed by atoms with E-state index in [2.05, 4.69) is 4.98 Å². The van der Waals surface area contributed by atoms with Gasteiger partial charge in [-0.25, -0.2) is 14.8 Å². The number of esters is 1. The zero-order valence-electron chi connectivity index (χ0n) is 17.4. The number of methoxy groups -OCH3 is 1. The predicted molar refractivity (Wildman–Crippen MR) is 119 cm³/mol. The van der Waals surface area contributed by atoms with Crippen LogP contribution in [-0.2, 0) is 4.74 Å². The molecule has 0 aliphatic carbocycles. The van der Waals surface area contributed by atoms with Crippen LogP contribution in [0.15, 0.2) is 73.1 Å². The van der Waals surface area contributed by atoms with Crippen molar-refractivity contribution in [2.24, 2.45) is 0 Å². The summed E-state index contributed by atoms with van der Waals surface area (Å²) in [7, 11) is 3.33. The second-order valence-electron chi connectivity index (χ2n) is 6.92. The minimum atomic E-state index is -0.391. The summed E-state index contributed by atoms with van der Waals surface area (Å²) in [5, 5.41) is 0.963. The Morgan fingerprint density at radius 3 is 2.71 bits per heavy atom. The summed E-state index contributed by atoms with van der Waals surface area (Å²) in [5.74, 6) is 1.66. The van der Waals surface area contributed by atoms with Gasteiger partial charge >= 0.3 is 5.97 Å². The zero-order chi connectivity index (χ0) is 21.6. The van der Waals surface area contributed by atoms with Gasteiger partial charge in [0.15, 0.2) is 5.82 Å². The number of anilines is 1. The van der Waals surface area contributed by atoms with Crippen LogP contribution >= 0.6 is 0 Å². The van der Waals surface area contributed by atoms with Crippen LogP contribution in [0.25, 0.3) is 22.3 Å². The normalized spacial score (nSPS) is 10.6. The lowest BCUT2D eigenvalue weighted by Gasteiger charge is -2.21. The van der Waals surface area contributed by atoms with Crippen molar-refractivity contribution in [2.45, 2.75) is 0 Å². The topological polar surface area (TPSA) is 77.4 Å². The highest BCUT2D eigenvalue weighted by molar-refractivity contribution is 5.91. The zero-order valence-corrected chi connectivity index (χ0v) is 17.4. The first kappa shape index (κ1) is 20.3. The van der Waals surface area contributed by atoms with Crippen LogP contribution in [0.1, 0.15) is 10.4 Å². The molecule has 2 heterocycles. The van der Waals surface area contributed by atoms with Crippen LogP contribution in [0.2, 0.25) is 0 Å². The molecule has 0 atom stereocenters. The number of carbonyl (C=O) groups is 1. The Kier molecular flexibility index (Phi) is 6.03. The third kappa shape index (κ3) is 4.61. The van der Waals surface area contributed by atoms with Gasteiger partial charge in [0.1, 0.15) is 18.2 Å². The van der Waals surface area contributed by atoms with E-state index in [-0.39, 0.29) is 0 Å². The first-order chi connectivity index (χ1) is 15.2. The summed E-state index contributed by atoms with van der Waals surface area (Å²) in [6, 6.07) is 18.7. The SMILES string of the molecule is COC(=O)c1cccc(OCCN(C)c2nc(-c3cccnc3)nc3ccccc23)c1. The van der Waals surface area contributed by atoms with Gasteiger partial charge in [0.05, 0.1) is 24.7 Å². The lowest BCUT2D eigenvalue weighted by Crippen LogP contribution is -2.25. The molecule has 0 aliphatic rings. The van der Waals surface area contributed by atoms with Gasteiger partial charge in [0.25, 0.3) is 0 Å². The summed E-state index contributed by atoms with van der Waals surface area (Å²) in [4.78, 5) is 27.4. The standard InChI is InChI=1S/C24H22N4O3/c1-28(13-14-31-19-9-5-7-17(15-19)24(29)30-2)23-20-10-3-4-11-21(20)26-22(27-23)18-8-6-12-25-16-18/h3-12,15-16H,13-14H2,1-2H3. The third-order valence-electron chi connectivity index (χ3n) is 4.81. The Bertz CT molecular complexity index is 1200. The van der Waals surface area contributed by atoms with Crippen LogP contribution in [0.3, 0.4) is 0 Å². The molecule has 31 heavy (non-hydrogen) atoms. The van der Waals surface area contributed by atoms with E-state index in [0.717, 1.165) is 22.3 Å². The smallest absolute Gasteiger partial charge is 0.337 e. The minimum Gasteiger partial charge on any atom is -0.492 e. The van der Waals surface area contributed by atoms with Crippen LogP contribution < -0.4 is 9.64 Å². The van der Waals surface area contributed by atoms with E-state index in [4.69, 9.17) is 19.4 Å². The summed E-state index contributed by atoms with van der Waals surface area (Å²) in [6.07, 6.45) is 3.48. The van der Waals surface area contributed by atoms with Gasteiger partial charge in [-0.2, -0.15) is 0 Å². The molecule has 2 aromatic carbocycles. The number of hydrogen-bond donors (Lipinski definition) is 0. The van der Waals surface area contributed by atoms with E-state index >= 15 is 0 Å². The predicted octanol–water partition coefficient (Wildman–Crippen LogP) is 3.99. The van der Waals surface area contributed by atoms with E-state index in [1.54, 1.807) is 30.6 Å². The molecular formula is C24H22N4O3. The number of hydrogen-bond acceptors (Lipinski definition) is 7. The Labute approximate surface area is 180 Å². The van der Waals surface area contributed by atoms with Crippen LogP contribution in [0.4, 0.5) is 5.82 Å². The average Bonchev–Trinajstić information content (AvgIpc) is 2.83. The van der Waals surface area contributed by atoms with Crippen molar-refractivity contribution in [3.05, 3.63) is 78.6 Å². The van der Waals surface area contributed by atoms with Gasteiger partial charge in [-0.05, 0) is 42.5 Å².